The topological polar surface area (TPSA) is 36.4 Å². The van der Waals surface area contributed by atoms with Crippen LogP contribution in [0.4, 0.5) is 5.69 Å². The predicted molar refractivity (Wildman–Crippen MR) is 78.9 cm³/mol. The summed E-state index contributed by atoms with van der Waals surface area (Å²) in [7, 11) is 2.11. The molecule has 0 bridgehead atoms. The Morgan fingerprint density at radius 2 is 2.32 bits per heavy atom. The van der Waals surface area contributed by atoms with Gasteiger partial charge < -0.3 is 10.0 Å². The highest BCUT2D eigenvalue weighted by Crippen LogP contribution is 2.30. The van der Waals surface area contributed by atoms with Crippen molar-refractivity contribution >= 4 is 17.0 Å². The molecule has 100 valence electrons. The van der Waals surface area contributed by atoms with E-state index in [1.807, 2.05) is 18.4 Å². The summed E-state index contributed by atoms with van der Waals surface area (Å²) in [5.74, 6) is 0. The van der Waals surface area contributed by atoms with Crippen molar-refractivity contribution in [3.63, 3.8) is 0 Å². The summed E-state index contributed by atoms with van der Waals surface area (Å²) in [5, 5.41) is 13.4. The van der Waals surface area contributed by atoms with Crippen molar-refractivity contribution in [2.75, 3.05) is 18.5 Å². The lowest BCUT2D eigenvalue weighted by molar-refractivity contribution is 0.178. The number of likely N-dealkylation sites (N-methyl/N-ethyl adjacent to an activating group) is 1. The van der Waals surface area contributed by atoms with Crippen LogP contribution in [0, 0.1) is 6.92 Å². The van der Waals surface area contributed by atoms with Gasteiger partial charge >= 0.3 is 0 Å². The number of hydrogen-bond acceptors (Lipinski definition) is 4. The van der Waals surface area contributed by atoms with Crippen molar-refractivity contribution in [2.24, 2.45) is 0 Å². The Morgan fingerprint density at radius 1 is 1.47 bits per heavy atom. The molecule has 0 spiro atoms. The fourth-order valence-corrected chi connectivity index (χ4v) is 3.38. The molecule has 1 aromatic carbocycles. The van der Waals surface area contributed by atoms with Gasteiger partial charge in [0.2, 0.25) is 0 Å². The SMILES string of the molecule is Cc1csc(CC(O)c2ccc3c(c2)CCN3C)n1. The van der Waals surface area contributed by atoms with Gasteiger partial charge in [-0.2, -0.15) is 0 Å². The van der Waals surface area contributed by atoms with Gasteiger partial charge in [0.1, 0.15) is 0 Å². The van der Waals surface area contributed by atoms with E-state index in [-0.39, 0.29) is 0 Å². The number of aliphatic hydroxyl groups is 1. The molecule has 19 heavy (non-hydrogen) atoms. The summed E-state index contributed by atoms with van der Waals surface area (Å²) in [6, 6.07) is 6.30. The van der Waals surface area contributed by atoms with Crippen molar-refractivity contribution in [2.45, 2.75) is 25.9 Å². The molecule has 2 heterocycles. The number of anilines is 1. The van der Waals surface area contributed by atoms with E-state index in [2.05, 4.69) is 29.1 Å². The first-order valence-electron chi connectivity index (χ1n) is 6.56. The molecule has 4 heteroatoms. The minimum Gasteiger partial charge on any atom is -0.388 e. The molecular weight excluding hydrogens is 256 g/mol. The molecule has 0 fully saturated rings. The standard InChI is InChI=1S/C15H18N2OS/c1-10-9-19-15(16-10)8-14(18)12-3-4-13-11(7-12)5-6-17(13)2/h3-4,7,9,14,18H,5-6,8H2,1-2H3. The number of thiazole rings is 1. The third-order valence-corrected chi connectivity index (χ3v) is 4.64. The summed E-state index contributed by atoms with van der Waals surface area (Å²) in [6.07, 6.45) is 1.22. The molecule has 1 atom stereocenters. The quantitative estimate of drug-likeness (QED) is 0.935. The third-order valence-electron chi connectivity index (χ3n) is 3.65. The molecular formula is C15H18N2OS. The first-order chi connectivity index (χ1) is 9.13. The number of hydrogen-bond donors (Lipinski definition) is 1. The van der Waals surface area contributed by atoms with Crippen molar-refractivity contribution in [3.05, 3.63) is 45.4 Å². The summed E-state index contributed by atoms with van der Waals surface area (Å²) < 4.78 is 0. The highest BCUT2D eigenvalue weighted by Gasteiger charge is 2.18. The predicted octanol–water partition coefficient (Wildman–Crippen LogP) is 2.72. The highest BCUT2D eigenvalue weighted by atomic mass is 32.1. The molecule has 3 nitrogen and oxygen atoms in total. The molecule has 1 unspecified atom stereocenters. The Hall–Kier alpha value is -1.39. The van der Waals surface area contributed by atoms with E-state index in [1.54, 1.807) is 11.3 Å². The van der Waals surface area contributed by atoms with E-state index in [4.69, 9.17) is 0 Å². The van der Waals surface area contributed by atoms with Crippen LogP contribution < -0.4 is 4.90 Å². The van der Waals surface area contributed by atoms with Gasteiger partial charge in [-0.25, -0.2) is 4.98 Å². The number of benzene rings is 1. The Morgan fingerprint density at radius 3 is 3.05 bits per heavy atom. The van der Waals surface area contributed by atoms with Gasteiger partial charge in [0.05, 0.1) is 11.1 Å². The van der Waals surface area contributed by atoms with E-state index >= 15 is 0 Å². The molecule has 2 aromatic rings. The van der Waals surface area contributed by atoms with E-state index in [0.717, 1.165) is 29.2 Å². The van der Waals surface area contributed by atoms with Crippen LogP contribution in [-0.2, 0) is 12.8 Å². The summed E-state index contributed by atoms with van der Waals surface area (Å²) in [5.41, 5.74) is 4.67. The van der Waals surface area contributed by atoms with Crippen LogP contribution in [0.2, 0.25) is 0 Å². The van der Waals surface area contributed by atoms with Crippen molar-refractivity contribution in [1.82, 2.24) is 4.98 Å². The normalized spacial score (nSPS) is 15.6. The molecule has 1 aromatic heterocycles. The molecule has 1 aliphatic rings. The number of fused-ring (bicyclic) bond motifs is 1. The lowest BCUT2D eigenvalue weighted by atomic mass is 10.0. The lowest BCUT2D eigenvalue weighted by Crippen LogP contribution is -2.12. The van der Waals surface area contributed by atoms with E-state index in [1.165, 1.54) is 11.3 Å². The van der Waals surface area contributed by atoms with Gasteiger partial charge in [-0.1, -0.05) is 12.1 Å². The average Bonchev–Trinajstić information content (AvgIpc) is 2.96. The van der Waals surface area contributed by atoms with Gasteiger partial charge in [-0.05, 0) is 30.5 Å². The zero-order chi connectivity index (χ0) is 13.4. The van der Waals surface area contributed by atoms with Crippen LogP contribution in [0.5, 0.6) is 0 Å². The molecule has 1 N–H and O–H groups in total. The Balaban J connectivity index is 1.79. The van der Waals surface area contributed by atoms with Gasteiger partial charge in [0.15, 0.2) is 0 Å². The smallest absolute Gasteiger partial charge is 0.0957 e. The first-order valence-corrected chi connectivity index (χ1v) is 7.44. The Kier molecular flexibility index (Phi) is 3.29. The second-order valence-corrected chi connectivity index (χ2v) is 6.10. The van der Waals surface area contributed by atoms with Gasteiger partial charge in [-0.3, -0.25) is 0 Å². The van der Waals surface area contributed by atoms with Crippen molar-refractivity contribution in [3.8, 4) is 0 Å². The molecule has 0 aliphatic carbocycles. The number of nitrogens with zero attached hydrogens (tertiary/aromatic N) is 2. The maximum absolute atomic E-state index is 10.3. The Labute approximate surface area is 117 Å². The van der Waals surface area contributed by atoms with E-state index < -0.39 is 6.10 Å². The minimum atomic E-state index is -0.457. The number of rotatable bonds is 3. The summed E-state index contributed by atoms with van der Waals surface area (Å²) >= 11 is 1.62. The molecule has 0 amide bonds. The van der Waals surface area contributed by atoms with Crippen LogP contribution in [0.15, 0.2) is 23.6 Å². The maximum Gasteiger partial charge on any atom is 0.0957 e. The molecule has 0 saturated carbocycles. The lowest BCUT2D eigenvalue weighted by Gasteiger charge is -2.14. The van der Waals surface area contributed by atoms with Gasteiger partial charge in [-0.15, -0.1) is 11.3 Å². The van der Waals surface area contributed by atoms with E-state index in [9.17, 15) is 5.11 Å². The molecule has 0 radical (unpaired) electrons. The van der Waals surface area contributed by atoms with Crippen LogP contribution >= 0.6 is 11.3 Å². The summed E-state index contributed by atoms with van der Waals surface area (Å²) in [4.78, 5) is 6.67. The van der Waals surface area contributed by atoms with Crippen molar-refractivity contribution in [1.29, 1.82) is 0 Å². The number of aromatic nitrogens is 1. The molecule has 1 aliphatic heterocycles. The maximum atomic E-state index is 10.3. The van der Waals surface area contributed by atoms with E-state index in [0.29, 0.717) is 6.42 Å². The summed E-state index contributed by atoms with van der Waals surface area (Å²) in [6.45, 7) is 3.05. The number of aryl methyl sites for hydroxylation is 1. The largest absolute Gasteiger partial charge is 0.388 e. The minimum absolute atomic E-state index is 0.457. The molecule has 0 saturated heterocycles. The second-order valence-electron chi connectivity index (χ2n) is 5.16. The zero-order valence-electron chi connectivity index (χ0n) is 11.3. The monoisotopic (exact) mass is 274 g/mol. The van der Waals surface area contributed by atoms with Crippen molar-refractivity contribution < 1.29 is 5.11 Å². The zero-order valence-corrected chi connectivity index (χ0v) is 12.1. The van der Waals surface area contributed by atoms with Crippen LogP contribution in [0.1, 0.15) is 27.9 Å². The fraction of sp³-hybridized carbons (Fsp3) is 0.400. The van der Waals surface area contributed by atoms with Crippen LogP contribution in [0.25, 0.3) is 0 Å². The second kappa shape index (κ2) is 4.94. The first kappa shape index (κ1) is 12.6. The average molecular weight is 274 g/mol. The van der Waals surface area contributed by atoms with Crippen LogP contribution in [-0.4, -0.2) is 23.7 Å². The van der Waals surface area contributed by atoms with Gasteiger partial charge in [0, 0.05) is 36.8 Å². The fourth-order valence-electron chi connectivity index (χ4n) is 2.57. The van der Waals surface area contributed by atoms with Gasteiger partial charge in [0.25, 0.3) is 0 Å². The highest BCUT2D eigenvalue weighted by molar-refractivity contribution is 7.09. The Bertz CT molecular complexity index is 594. The third kappa shape index (κ3) is 2.51. The van der Waals surface area contributed by atoms with Crippen LogP contribution in [0.3, 0.4) is 0 Å². The molecule has 3 rings (SSSR count). The number of aliphatic hydroxyl groups excluding tert-OH is 1.